The highest BCUT2D eigenvalue weighted by atomic mass is 16.3. The molecular weight excluding hydrogens is 446 g/mol. The van der Waals surface area contributed by atoms with Crippen molar-refractivity contribution in [2.75, 3.05) is 26.4 Å². The smallest absolute Gasteiger partial charge is 0.225 e. The SMILES string of the molecule is CC(=O)c1cc(N)c(O)c2c1C[C@H]1C[C@@H]([C@@H](CO)N(C)C)[C@@](O)(C(=O)CC(N)=O)C(O)=C1C2=O. The summed E-state index contributed by atoms with van der Waals surface area (Å²) in [4.78, 5) is 51.8. The number of Topliss-reactive ketones (excluding diaryl/α,β-unsaturated/α-hetero) is 3. The van der Waals surface area contributed by atoms with Gasteiger partial charge in [0, 0.05) is 23.1 Å². The summed E-state index contributed by atoms with van der Waals surface area (Å²) in [6, 6.07) is 0.441. The normalized spacial score (nSPS) is 25.1. The molecule has 0 aliphatic heterocycles. The lowest BCUT2D eigenvalue weighted by atomic mass is 9.61. The van der Waals surface area contributed by atoms with Crippen LogP contribution in [-0.2, 0) is 16.0 Å². The van der Waals surface area contributed by atoms with Crippen molar-refractivity contribution in [2.45, 2.75) is 37.8 Å². The molecule has 1 aromatic rings. The van der Waals surface area contributed by atoms with Crippen molar-refractivity contribution in [3.05, 3.63) is 34.1 Å². The Morgan fingerprint density at radius 1 is 1.26 bits per heavy atom. The zero-order chi connectivity index (χ0) is 25.7. The van der Waals surface area contributed by atoms with E-state index in [2.05, 4.69) is 0 Å². The number of aromatic hydroxyl groups is 1. The van der Waals surface area contributed by atoms with Gasteiger partial charge < -0.3 is 36.8 Å². The molecule has 0 bridgehead atoms. The predicted octanol–water partition coefficient (Wildman–Crippen LogP) is -0.538. The first kappa shape index (κ1) is 25.3. The molecule has 0 fully saturated rings. The third-order valence-corrected chi connectivity index (χ3v) is 6.91. The molecule has 11 nitrogen and oxygen atoms in total. The van der Waals surface area contributed by atoms with Crippen LogP contribution in [0.15, 0.2) is 17.4 Å². The fraction of sp³-hybridized carbons (Fsp3) is 0.478. The summed E-state index contributed by atoms with van der Waals surface area (Å²) in [6.07, 6.45) is -0.916. The summed E-state index contributed by atoms with van der Waals surface area (Å²) in [5.41, 5.74) is 7.85. The number of nitrogens with zero attached hydrogens (tertiary/aromatic N) is 1. The van der Waals surface area contributed by atoms with E-state index in [9.17, 15) is 39.6 Å². The number of amides is 1. The number of hydrogen-bond acceptors (Lipinski definition) is 10. The summed E-state index contributed by atoms with van der Waals surface area (Å²) in [5, 5.41) is 43.3. The van der Waals surface area contributed by atoms with Crippen molar-refractivity contribution in [3.8, 4) is 5.75 Å². The van der Waals surface area contributed by atoms with Crippen molar-refractivity contribution in [1.82, 2.24) is 4.90 Å². The predicted molar refractivity (Wildman–Crippen MR) is 120 cm³/mol. The number of carbonyl (C=O) groups is 4. The van der Waals surface area contributed by atoms with Gasteiger partial charge in [-0.2, -0.15) is 0 Å². The Kier molecular flexibility index (Phi) is 6.57. The summed E-state index contributed by atoms with van der Waals surface area (Å²) >= 11 is 0. The Morgan fingerprint density at radius 2 is 1.88 bits per heavy atom. The highest BCUT2D eigenvalue weighted by Gasteiger charge is 2.58. The van der Waals surface area contributed by atoms with Gasteiger partial charge in [0.05, 0.1) is 24.3 Å². The van der Waals surface area contributed by atoms with Crippen LogP contribution >= 0.6 is 0 Å². The number of phenolic OH excluding ortho intramolecular Hbond substituents is 1. The number of allylic oxidation sites excluding steroid dienone is 1. The van der Waals surface area contributed by atoms with Gasteiger partial charge in [-0.3, -0.25) is 19.2 Å². The van der Waals surface area contributed by atoms with Crippen LogP contribution in [0, 0.1) is 11.8 Å². The minimum atomic E-state index is -2.69. The minimum absolute atomic E-state index is 0.0331. The number of benzene rings is 1. The maximum Gasteiger partial charge on any atom is 0.225 e. The highest BCUT2D eigenvalue weighted by Crippen LogP contribution is 2.50. The summed E-state index contributed by atoms with van der Waals surface area (Å²) < 4.78 is 0. The molecule has 1 amide bonds. The van der Waals surface area contributed by atoms with Crippen LogP contribution in [0.3, 0.4) is 0 Å². The molecule has 2 aliphatic carbocycles. The van der Waals surface area contributed by atoms with Crippen molar-refractivity contribution in [3.63, 3.8) is 0 Å². The average Bonchev–Trinajstić information content (AvgIpc) is 2.73. The van der Waals surface area contributed by atoms with Crippen molar-refractivity contribution < 1.29 is 39.6 Å². The van der Waals surface area contributed by atoms with Gasteiger partial charge in [-0.1, -0.05) is 0 Å². The number of aliphatic hydroxyl groups is 3. The summed E-state index contributed by atoms with van der Waals surface area (Å²) in [5.74, 6) is -6.82. The number of hydrogen-bond donors (Lipinski definition) is 6. The molecule has 8 N–H and O–H groups in total. The number of nitrogen functional groups attached to an aromatic ring is 1. The number of aliphatic hydroxyl groups excluding tert-OH is 2. The van der Waals surface area contributed by atoms with Crippen LogP contribution in [0.25, 0.3) is 0 Å². The number of rotatable bonds is 7. The van der Waals surface area contributed by atoms with Gasteiger partial charge in [-0.05, 0) is 51.4 Å². The molecule has 0 saturated carbocycles. The molecule has 4 atom stereocenters. The van der Waals surface area contributed by atoms with Gasteiger partial charge in [0.25, 0.3) is 0 Å². The number of fused-ring (bicyclic) bond motifs is 2. The first-order chi connectivity index (χ1) is 15.8. The van der Waals surface area contributed by atoms with Gasteiger partial charge in [-0.25, -0.2) is 0 Å². The number of primary amides is 1. The van der Waals surface area contributed by atoms with E-state index in [1.807, 2.05) is 0 Å². The average molecular weight is 475 g/mol. The molecule has 11 heteroatoms. The van der Waals surface area contributed by atoms with Gasteiger partial charge in [0.1, 0.15) is 11.5 Å². The van der Waals surface area contributed by atoms with E-state index in [1.54, 1.807) is 19.0 Å². The molecular formula is C23H29N3O8. The second-order valence-electron chi connectivity index (χ2n) is 9.15. The zero-order valence-electron chi connectivity index (χ0n) is 19.2. The maximum absolute atomic E-state index is 13.5. The largest absolute Gasteiger partial charge is 0.508 e. The van der Waals surface area contributed by atoms with Crippen LogP contribution in [0.5, 0.6) is 5.75 Å². The summed E-state index contributed by atoms with van der Waals surface area (Å²) in [7, 11) is 3.21. The minimum Gasteiger partial charge on any atom is -0.508 e. The molecule has 0 aromatic heterocycles. The van der Waals surface area contributed by atoms with Crippen molar-refractivity contribution in [1.29, 1.82) is 0 Å². The number of anilines is 1. The number of likely N-dealkylation sites (N-methyl/N-ethyl adjacent to an activating group) is 1. The Bertz CT molecular complexity index is 1130. The number of ketones is 3. The highest BCUT2D eigenvalue weighted by molar-refractivity contribution is 6.17. The molecule has 0 heterocycles. The lowest BCUT2D eigenvalue weighted by Gasteiger charge is -2.47. The fourth-order valence-electron chi connectivity index (χ4n) is 5.25. The van der Waals surface area contributed by atoms with E-state index in [4.69, 9.17) is 11.5 Å². The van der Waals surface area contributed by atoms with Gasteiger partial charge in [-0.15, -0.1) is 0 Å². The zero-order valence-corrected chi connectivity index (χ0v) is 19.2. The molecule has 3 rings (SSSR count). The first-order valence-electron chi connectivity index (χ1n) is 10.7. The number of carbonyl (C=O) groups excluding carboxylic acids is 4. The molecule has 34 heavy (non-hydrogen) atoms. The van der Waals surface area contributed by atoms with Crippen LogP contribution in [-0.4, -0.2) is 80.9 Å². The Morgan fingerprint density at radius 3 is 2.38 bits per heavy atom. The van der Waals surface area contributed by atoms with E-state index >= 15 is 0 Å². The van der Waals surface area contributed by atoms with E-state index in [0.29, 0.717) is 0 Å². The second kappa shape index (κ2) is 8.82. The van der Waals surface area contributed by atoms with Gasteiger partial charge in [0.15, 0.2) is 23.0 Å². The standard InChI is InChI=1S/C23H29N3O8/c1-9(28)11-6-14(24)20(31)19-12(11)4-10-5-13(15(8-27)26(2)3)23(34,16(29)7-17(25)30)22(33)18(10)21(19)32/h6,10,13,15,27,31,33-34H,4-5,7-8,24H2,1-3H3,(H2,25,30)/t10-,13-,15+,23+/m0/s1. The maximum atomic E-state index is 13.5. The molecule has 0 spiro atoms. The van der Waals surface area contributed by atoms with Gasteiger partial charge >= 0.3 is 0 Å². The quantitative estimate of drug-likeness (QED) is 0.129. The van der Waals surface area contributed by atoms with Crippen LogP contribution < -0.4 is 11.5 Å². The van der Waals surface area contributed by atoms with Crippen LogP contribution in [0.2, 0.25) is 0 Å². The van der Waals surface area contributed by atoms with Gasteiger partial charge in [0.2, 0.25) is 5.91 Å². The Balaban J connectivity index is 2.30. The lowest BCUT2D eigenvalue weighted by Crippen LogP contribution is -2.60. The third kappa shape index (κ3) is 3.75. The molecule has 0 unspecified atom stereocenters. The molecule has 1 aromatic carbocycles. The number of nitrogens with two attached hydrogens (primary N) is 2. The third-order valence-electron chi connectivity index (χ3n) is 6.91. The van der Waals surface area contributed by atoms with E-state index in [0.717, 1.165) is 0 Å². The van der Waals surface area contributed by atoms with Crippen molar-refractivity contribution in [2.24, 2.45) is 17.6 Å². The summed E-state index contributed by atoms with van der Waals surface area (Å²) in [6.45, 7) is 0.790. The van der Waals surface area contributed by atoms with Crippen LogP contribution in [0.4, 0.5) is 5.69 Å². The van der Waals surface area contributed by atoms with Crippen molar-refractivity contribution >= 4 is 28.9 Å². The second-order valence-corrected chi connectivity index (χ2v) is 9.15. The van der Waals surface area contributed by atoms with Crippen LogP contribution in [0.1, 0.15) is 46.0 Å². The fourth-order valence-corrected chi connectivity index (χ4v) is 5.25. The molecule has 184 valence electrons. The Labute approximate surface area is 195 Å². The lowest BCUT2D eigenvalue weighted by molar-refractivity contribution is -0.151. The first-order valence-corrected chi connectivity index (χ1v) is 10.7. The monoisotopic (exact) mass is 475 g/mol. The van der Waals surface area contributed by atoms with E-state index in [-0.39, 0.29) is 46.6 Å². The molecule has 2 aliphatic rings. The molecule has 0 radical (unpaired) electrons. The Hall–Kier alpha value is -3.28. The number of phenols is 1. The van der Waals surface area contributed by atoms with E-state index in [1.165, 1.54) is 13.0 Å². The molecule has 0 saturated heterocycles. The topological polar surface area (TPSA) is 204 Å². The van der Waals surface area contributed by atoms with E-state index < -0.39 is 65.5 Å².